The molecule has 0 atom stereocenters. The van der Waals surface area contributed by atoms with E-state index >= 15 is 0 Å². The van der Waals surface area contributed by atoms with Crippen LogP contribution in [0.3, 0.4) is 0 Å². The van der Waals surface area contributed by atoms with Gasteiger partial charge in [-0.3, -0.25) is 4.79 Å². The van der Waals surface area contributed by atoms with Gasteiger partial charge in [0.1, 0.15) is 0 Å². The summed E-state index contributed by atoms with van der Waals surface area (Å²) in [7, 11) is -3.58. The number of anilines is 1. The molecule has 6 nitrogen and oxygen atoms in total. The predicted octanol–water partition coefficient (Wildman–Crippen LogP) is 2.41. The fourth-order valence-corrected chi connectivity index (χ4v) is 3.76. The maximum Gasteiger partial charge on any atom is 0.335 e. The number of carboxylic acids is 1. The Hall–Kier alpha value is -1.89. The molecule has 7 heteroatoms. The van der Waals surface area contributed by atoms with Gasteiger partial charge in [0.25, 0.3) is 0 Å². The minimum Gasteiger partial charge on any atom is -0.478 e. The average molecular weight is 339 g/mol. The van der Waals surface area contributed by atoms with Crippen molar-refractivity contribution in [1.82, 2.24) is 0 Å². The molecule has 1 aliphatic rings. The zero-order valence-electron chi connectivity index (χ0n) is 13.8. The van der Waals surface area contributed by atoms with Crippen LogP contribution in [0.15, 0.2) is 23.1 Å². The predicted molar refractivity (Wildman–Crippen MR) is 86.2 cm³/mol. The third kappa shape index (κ3) is 2.97. The molecule has 0 aliphatic heterocycles. The molecule has 2 rings (SSSR count). The van der Waals surface area contributed by atoms with Crippen LogP contribution >= 0.6 is 0 Å². The highest BCUT2D eigenvalue weighted by Crippen LogP contribution is 2.68. The number of carbonyl (C=O) groups excluding carboxylic acids is 1. The van der Waals surface area contributed by atoms with E-state index in [0.29, 0.717) is 0 Å². The number of rotatable bonds is 4. The van der Waals surface area contributed by atoms with Gasteiger partial charge in [-0.2, -0.15) is 0 Å². The molecule has 1 aromatic rings. The number of hydrogen-bond donors (Lipinski definition) is 2. The number of aromatic carboxylic acids is 1. The number of carbonyl (C=O) groups is 2. The Bertz CT molecular complexity index is 779. The van der Waals surface area contributed by atoms with Crippen molar-refractivity contribution in [2.45, 2.75) is 32.6 Å². The molecular formula is C16H21NO5S. The van der Waals surface area contributed by atoms with Gasteiger partial charge in [0.05, 0.1) is 10.5 Å². The molecule has 1 amide bonds. The number of hydrogen-bond acceptors (Lipinski definition) is 4. The highest BCUT2D eigenvalue weighted by atomic mass is 32.2. The van der Waals surface area contributed by atoms with E-state index in [9.17, 15) is 18.0 Å². The summed E-state index contributed by atoms with van der Waals surface area (Å²) in [5.41, 5.74) is -0.339. The van der Waals surface area contributed by atoms with E-state index in [-0.39, 0.29) is 38.8 Å². The van der Waals surface area contributed by atoms with Gasteiger partial charge < -0.3 is 10.4 Å². The van der Waals surface area contributed by atoms with Crippen LogP contribution in [0, 0.1) is 16.7 Å². The second-order valence-corrected chi connectivity index (χ2v) is 9.20. The molecule has 1 fully saturated rings. The Morgan fingerprint density at radius 3 is 2.00 bits per heavy atom. The minimum absolute atomic E-state index is 0.137. The SMILES string of the molecule is CC1(C)C(C(=O)Nc2cc(C(=O)O)cc(S(C)(=O)=O)c2)C1(C)C. The summed E-state index contributed by atoms with van der Waals surface area (Å²) in [4.78, 5) is 23.5. The van der Waals surface area contributed by atoms with Crippen LogP contribution in [0.4, 0.5) is 5.69 Å². The fourth-order valence-electron chi connectivity index (χ4n) is 3.08. The van der Waals surface area contributed by atoms with Crippen LogP contribution in [0.5, 0.6) is 0 Å². The van der Waals surface area contributed by atoms with Crippen LogP contribution in [-0.4, -0.2) is 31.7 Å². The van der Waals surface area contributed by atoms with Crippen LogP contribution in [0.25, 0.3) is 0 Å². The zero-order valence-corrected chi connectivity index (χ0v) is 14.6. The molecule has 0 saturated heterocycles. The lowest BCUT2D eigenvalue weighted by molar-refractivity contribution is -0.118. The van der Waals surface area contributed by atoms with E-state index in [2.05, 4.69) is 5.32 Å². The lowest BCUT2D eigenvalue weighted by Gasteiger charge is -2.09. The highest BCUT2D eigenvalue weighted by Gasteiger charge is 2.68. The molecule has 1 aliphatic carbocycles. The van der Waals surface area contributed by atoms with Crippen LogP contribution in [0.2, 0.25) is 0 Å². The first-order valence-electron chi connectivity index (χ1n) is 7.18. The van der Waals surface area contributed by atoms with Crippen LogP contribution < -0.4 is 5.32 Å². The number of carboxylic acid groups (broad SMARTS) is 1. The molecule has 0 radical (unpaired) electrons. The second-order valence-electron chi connectivity index (χ2n) is 7.19. The highest BCUT2D eigenvalue weighted by molar-refractivity contribution is 7.90. The molecule has 0 unspecified atom stereocenters. The number of sulfone groups is 1. The topological polar surface area (TPSA) is 101 Å². The van der Waals surface area contributed by atoms with Crippen molar-refractivity contribution in [3.63, 3.8) is 0 Å². The Labute approximate surface area is 135 Å². The largest absolute Gasteiger partial charge is 0.478 e. The smallest absolute Gasteiger partial charge is 0.335 e. The molecule has 0 spiro atoms. The van der Waals surface area contributed by atoms with Crippen molar-refractivity contribution in [2.24, 2.45) is 16.7 Å². The molecule has 0 heterocycles. The summed E-state index contributed by atoms with van der Waals surface area (Å²) in [6, 6.07) is 3.62. The third-order valence-electron chi connectivity index (χ3n) is 5.13. The second kappa shape index (κ2) is 5.06. The summed E-state index contributed by atoms with van der Waals surface area (Å²) in [6.45, 7) is 7.97. The number of benzene rings is 1. The average Bonchev–Trinajstić information content (AvgIpc) is 2.77. The van der Waals surface area contributed by atoms with E-state index in [1.165, 1.54) is 12.1 Å². The molecule has 23 heavy (non-hydrogen) atoms. The Balaban J connectivity index is 2.36. The lowest BCUT2D eigenvalue weighted by atomic mass is 10.0. The van der Waals surface area contributed by atoms with E-state index in [1.807, 2.05) is 27.7 Å². The van der Waals surface area contributed by atoms with Gasteiger partial charge in [-0.15, -0.1) is 0 Å². The zero-order chi connectivity index (χ0) is 17.8. The lowest BCUT2D eigenvalue weighted by Crippen LogP contribution is -2.18. The quantitative estimate of drug-likeness (QED) is 0.877. The summed E-state index contributed by atoms with van der Waals surface area (Å²) >= 11 is 0. The number of nitrogens with one attached hydrogen (secondary N) is 1. The van der Waals surface area contributed by atoms with Crippen LogP contribution in [-0.2, 0) is 14.6 Å². The summed E-state index contributed by atoms with van der Waals surface area (Å²) in [5.74, 6) is -1.70. The van der Waals surface area contributed by atoms with Crippen LogP contribution in [0.1, 0.15) is 38.1 Å². The molecule has 126 valence electrons. The molecule has 0 bridgehead atoms. The van der Waals surface area contributed by atoms with Gasteiger partial charge in [-0.25, -0.2) is 13.2 Å². The fraction of sp³-hybridized carbons (Fsp3) is 0.500. The first-order chi connectivity index (χ1) is 10.3. The molecule has 2 N–H and O–H groups in total. The van der Waals surface area contributed by atoms with Crippen molar-refractivity contribution in [3.8, 4) is 0 Å². The molecular weight excluding hydrogens is 318 g/mol. The molecule has 0 aromatic heterocycles. The van der Waals surface area contributed by atoms with Crippen molar-refractivity contribution < 1.29 is 23.1 Å². The molecule has 1 aromatic carbocycles. The van der Waals surface area contributed by atoms with Crippen molar-refractivity contribution >= 4 is 27.4 Å². The maximum atomic E-state index is 12.4. The maximum absolute atomic E-state index is 12.4. The monoisotopic (exact) mass is 339 g/mol. The normalized spacial score (nSPS) is 19.2. The van der Waals surface area contributed by atoms with Gasteiger partial charge in [-0.05, 0) is 29.0 Å². The van der Waals surface area contributed by atoms with Gasteiger partial charge in [0, 0.05) is 17.9 Å². The van der Waals surface area contributed by atoms with Gasteiger partial charge in [-0.1, -0.05) is 27.7 Å². The van der Waals surface area contributed by atoms with Gasteiger partial charge >= 0.3 is 5.97 Å². The van der Waals surface area contributed by atoms with Crippen molar-refractivity contribution in [1.29, 1.82) is 0 Å². The van der Waals surface area contributed by atoms with E-state index < -0.39 is 15.8 Å². The Morgan fingerprint density at radius 2 is 1.61 bits per heavy atom. The summed E-state index contributed by atoms with van der Waals surface area (Å²) < 4.78 is 23.4. The van der Waals surface area contributed by atoms with Gasteiger partial charge in [0.15, 0.2) is 9.84 Å². The van der Waals surface area contributed by atoms with Crippen molar-refractivity contribution in [2.75, 3.05) is 11.6 Å². The van der Waals surface area contributed by atoms with Crippen molar-refractivity contribution in [3.05, 3.63) is 23.8 Å². The minimum atomic E-state index is -3.58. The third-order valence-corrected chi connectivity index (χ3v) is 6.22. The first-order valence-corrected chi connectivity index (χ1v) is 9.07. The Kier molecular flexibility index (Phi) is 3.84. The van der Waals surface area contributed by atoms with E-state index in [1.54, 1.807) is 0 Å². The Morgan fingerprint density at radius 1 is 1.09 bits per heavy atom. The molecule has 1 saturated carbocycles. The standard InChI is InChI=1S/C16H21NO5S/c1-15(2)12(16(15,3)4)13(18)17-10-6-9(14(19)20)7-11(8-10)23(5,21)22/h6-8,12H,1-5H3,(H,17,18)(H,19,20). The summed E-state index contributed by atoms with van der Waals surface area (Å²) in [5, 5.41) is 11.8. The summed E-state index contributed by atoms with van der Waals surface area (Å²) in [6.07, 6.45) is 0.993. The first kappa shape index (κ1) is 17.5. The number of amides is 1. The van der Waals surface area contributed by atoms with E-state index in [4.69, 9.17) is 5.11 Å². The van der Waals surface area contributed by atoms with E-state index in [0.717, 1.165) is 12.3 Å². The van der Waals surface area contributed by atoms with Gasteiger partial charge in [0.2, 0.25) is 5.91 Å².